The minimum atomic E-state index is 0.0251. The first-order chi connectivity index (χ1) is 9.01. The first-order valence-corrected chi connectivity index (χ1v) is 8.45. The van der Waals surface area contributed by atoms with Gasteiger partial charge in [-0.2, -0.15) is 0 Å². The van der Waals surface area contributed by atoms with Crippen molar-refractivity contribution < 1.29 is 0 Å². The molecule has 0 spiro atoms. The third-order valence-electron chi connectivity index (χ3n) is 2.89. The molecule has 0 amide bonds. The zero-order valence-electron chi connectivity index (χ0n) is 10.2. The number of thiophene rings is 1. The minimum Gasteiger partial charge on any atom is -0.271 e. The average molecular weight is 425 g/mol. The molecule has 2 rings (SSSR count). The molecule has 2 aromatic rings. The Morgan fingerprint density at radius 3 is 2.63 bits per heavy atom. The Bertz CT molecular complexity index is 586. The zero-order chi connectivity index (χ0) is 14.0. The quantitative estimate of drug-likeness (QED) is 0.536. The molecule has 0 bridgehead atoms. The van der Waals surface area contributed by atoms with Gasteiger partial charge in [-0.3, -0.25) is 11.3 Å². The summed E-state index contributed by atoms with van der Waals surface area (Å²) in [4.78, 5) is 0. The second kappa shape index (κ2) is 6.70. The molecular weight excluding hydrogens is 411 g/mol. The molecule has 1 atom stereocenters. The van der Waals surface area contributed by atoms with Crippen molar-refractivity contribution in [2.45, 2.75) is 19.4 Å². The van der Waals surface area contributed by atoms with Crippen LogP contribution in [0.4, 0.5) is 0 Å². The number of hydrogen-bond acceptors (Lipinski definition) is 3. The Balaban J connectivity index is 2.26. The van der Waals surface area contributed by atoms with Gasteiger partial charge < -0.3 is 0 Å². The summed E-state index contributed by atoms with van der Waals surface area (Å²) in [5.74, 6) is 5.69. The predicted molar refractivity (Wildman–Crippen MR) is 89.7 cm³/mol. The SMILES string of the molecule is Cc1ccc(CC(NN)c2cc(Br)sc2Br)c(Cl)c1. The predicted octanol–water partition coefficient (Wildman–Crippen LogP) is 4.98. The van der Waals surface area contributed by atoms with E-state index >= 15 is 0 Å². The van der Waals surface area contributed by atoms with E-state index in [2.05, 4.69) is 55.5 Å². The van der Waals surface area contributed by atoms with Crippen molar-refractivity contribution in [3.05, 3.63) is 53.6 Å². The second-order valence-corrected chi connectivity index (χ2v) is 8.45. The van der Waals surface area contributed by atoms with E-state index in [1.54, 1.807) is 11.3 Å². The Morgan fingerprint density at radius 2 is 2.11 bits per heavy atom. The van der Waals surface area contributed by atoms with Crippen molar-refractivity contribution >= 4 is 54.8 Å². The molecule has 0 aliphatic carbocycles. The van der Waals surface area contributed by atoms with Crippen LogP contribution >= 0.6 is 54.8 Å². The number of hydrogen-bond donors (Lipinski definition) is 2. The van der Waals surface area contributed by atoms with Crippen LogP contribution in [0.3, 0.4) is 0 Å². The first-order valence-electron chi connectivity index (χ1n) is 5.67. The highest BCUT2D eigenvalue weighted by molar-refractivity contribution is 9.12. The highest BCUT2D eigenvalue weighted by atomic mass is 79.9. The van der Waals surface area contributed by atoms with Crippen LogP contribution < -0.4 is 11.3 Å². The van der Waals surface area contributed by atoms with Gasteiger partial charge in [-0.25, -0.2) is 0 Å². The lowest BCUT2D eigenvalue weighted by Gasteiger charge is -2.16. The van der Waals surface area contributed by atoms with E-state index in [1.807, 2.05) is 13.0 Å². The summed E-state index contributed by atoms with van der Waals surface area (Å²) < 4.78 is 2.15. The maximum absolute atomic E-state index is 6.28. The van der Waals surface area contributed by atoms with Gasteiger partial charge in [0.05, 0.1) is 13.6 Å². The minimum absolute atomic E-state index is 0.0251. The number of rotatable bonds is 4. The third kappa shape index (κ3) is 3.80. The molecule has 0 aliphatic heterocycles. The second-order valence-electron chi connectivity index (χ2n) is 4.30. The Morgan fingerprint density at radius 1 is 1.37 bits per heavy atom. The fourth-order valence-electron chi connectivity index (χ4n) is 1.89. The number of nitrogens with one attached hydrogen (secondary N) is 1. The van der Waals surface area contributed by atoms with Crippen molar-refractivity contribution in [1.82, 2.24) is 5.43 Å². The van der Waals surface area contributed by atoms with Gasteiger partial charge in [0.1, 0.15) is 0 Å². The summed E-state index contributed by atoms with van der Waals surface area (Å²) in [5.41, 5.74) is 6.24. The van der Waals surface area contributed by atoms with Crippen molar-refractivity contribution in [1.29, 1.82) is 0 Å². The van der Waals surface area contributed by atoms with E-state index in [0.29, 0.717) is 0 Å². The van der Waals surface area contributed by atoms with Gasteiger partial charge in [0.25, 0.3) is 0 Å². The lowest BCUT2D eigenvalue weighted by atomic mass is 10.0. The molecule has 3 N–H and O–H groups in total. The van der Waals surface area contributed by atoms with Crippen molar-refractivity contribution in [2.24, 2.45) is 5.84 Å². The zero-order valence-corrected chi connectivity index (χ0v) is 15.0. The van der Waals surface area contributed by atoms with Crippen molar-refractivity contribution in [2.75, 3.05) is 0 Å². The van der Waals surface area contributed by atoms with Crippen LogP contribution in [0.5, 0.6) is 0 Å². The summed E-state index contributed by atoms with van der Waals surface area (Å²) in [6.07, 6.45) is 0.747. The molecule has 1 unspecified atom stereocenters. The van der Waals surface area contributed by atoms with Gasteiger partial charge in [0.2, 0.25) is 0 Å². The van der Waals surface area contributed by atoms with Crippen LogP contribution in [0.15, 0.2) is 31.8 Å². The van der Waals surface area contributed by atoms with Crippen LogP contribution in [0, 0.1) is 6.92 Å². The molecule has 1 aromatic heterocycles. The van der Waals surface area contributed by atoms with E-state index < -0.39 is 0 Å². The average Bonchev–Trinajstić information content (AvgIpc) is 2.68. The Kier molecular flexibility index (Phi) is 5.45. The molecule has 19 heavy (non-hydrogen) atoms. The van der Waals surface area contributed by atoms with Crippen LogP contribution in [0.1, 0.15) is 22.7 Å². The molecule has 0 aliphatic rings. The molecule has 1 heterocycles. The van der Waals surface area contributed by atoms with Gasteiger partial charge in [-0.1, -0.05) is 23.7 Å². The molecule has 2 nitrogen and oxygen atoms in total. The van der Waals surface area contributed by atoms with Gasteiger partial charge in [0.15, 0.2) is 0 Å². The summed E-state index contributed by atoms with van der Waals surface area (Å²) in [7, 11) is 0. The highest BCUT2D eigenvalue weighted by Crippen LogP contribution is 2.37. The molecular formula is C13H13Br2ClN2S. The summed E-state index contributed by atoms with van der Waals surface area (Å²) in [6.45, 7) is 2.03. The van der Waals surface area contributed by atoms with Gasteiger partial charge in [-0.15, -0.1) is 11.3 Å². The molecule has 0 saturated carbocycles. The maximum Gasteiger partial charge on any atom is 0.0758 e. The monoisotopic (exact) mass is 422 g/mol. The van der Waals surface area contributed by atoms with E-state index in [9.17, 15) is 0 Å². The van der Waals surface area contributed by atoms with E-state index in [1.165, 1.54) is 0 Å². The smallest absolute Gasteiger partial charge is 0.0758 e. The van der Waals surface area contributed by atoms with Crippen LogP contribution in [-0.4, -0.2) is 0 Å². The standard InChI is InChI=1S/C13H13Br2ClN2S/c1-7-2-3-8(10(16)4-7)5-11(18-17)9-6-12(14)19-13(9)15/h2-4,6,11,18H,5,17H2,1H3. The summed E-state index contributed by atoms with van der Waals surface area (Å²) >= 11 is 15.0. The lowest BCUT2D eigenvalue weighted by Crippen LogP contribution is -2.29. The number of halogens is 3. The maximum atomic E-state index is 6.28. The fourth-order valence-corrected chi connectivity index (χ4v) is 5.17. The van der Waals surface area contributed by atoms with Gasteiger partial charge >= 0.3 is 0 Å². The fraction of sp³-hybridized carbons (Fsp3) is 0.231. The van der Waals surface area contributed by atoms with Crippen LogP contribution in [-0.2, 0) is 6.42 Å². The molecule has 102 valence electrons. The largest absolute Gasteiger partial charge is 0.271 e. The number of benzene rings is 1. The lowest BCUT2D eigenvalue weighted by molar-refractivity contribution is 0.552. The van der Waals surface area contributed by atoms with Crippen molar-refractivity contribution in [3.63, 3.8) is 0 Å². The molecule has 0 fully saturated rings. The molecule has 0 saturated heterocycles. The van der Waals surface area contributed by atoms with Crippen molar-refractivity contribution in [3.8, 4) is 0 Å². The van der Waals surface area contributed by atoms with Gasteiger partial charge in [-0.05, 0) is 74.0 Å². The Labute approximate surface area is 138 Å². The van der Waals surface area contributed by atoms with Crippen LogP contribution in [0.25, 0.3) is 0 Å². The third-order valence-corrected chi connectivity index (χ3v) is 5.63. The van der Waals surface area contributed by atoms with Crippen LogP contribution in [0.2, 0.25) is 5.02 Å². The molecule has 6 heteroatoms. The van der Waals surface area contributed by atoms with E-state index in [-0.39, 0.29) is 6.04 Å². The first kappa shape index (κ1) is 15.5. The topological polar surface area (TPSA) is 38.0 Å². The summed E-state index contributed by atoms with van der Waals surface area (Å²) in [6, 6.07) is 8.19. The Hall–Kier alpha value is 0.0900. The van der Waals surface area contributed by atoms with E-state index in [4.69, 9.17) is 17.4 Å². The highest BCUT2D eigenvalue weighted by Gasteiger charge is 2.17. The molecule has 0 radical (unpaired) electrons. The number of hydrazine groups is 1. The number of aryl methyl sites for hydroxylation is 1. The van der Waals surface area contributed by atoms with E-state index in [0.717, 1.165) is 35.7 Å². The normalized spacial score (nSPS) is 12.7. The molecule has 1 aromatic carbocycles. The summed E-state index contributed by atoms with van der Waals surface area (Å²) in [5, 5.41) is 0.783. The number of nitrogens with two attached hydrogens (primary N) is 1. The van der Waals surface area contributed by atoms with Gasteiger partial charge in [0, 0.05) is 5.02 Å².